The van der Waals surface area contributed by atoms with Crippen molar-refractivity contribution in [2.45, 2.75) is 18.3 Å². The van der Waals surface area contributed by atoms with E-state index < -0.39 is 23.7 Å². The van der Waals surface area contributed by atoms with Gasteiger partial charge < -0.3 is 4.74 Å². The smallest absolute Gasteiger partial charge is 0.464 e. The van der Waals surface area contributed by atoms with Gasteiger partial charge >= 0.3 is 17.8 Å². The highest BCUT2D eigenvalue weighted by Gasteiger charge is 2.67. The fraction of sp³-hybridized carbons (Fsp3) is 0.235. The molecule has 10 heteroatoms. The maximum atomic E-state index is 13.9. The summed E-state index contributed by atoms with van der Waals surface area (Å²) in [5.74, 6) is -2.86. The lowest BCUT2D eigenvalue weighted by molar-refractivity contribution is -0.363. The molecule has 0 aliphatic carbocycles. The normalized spacial score (nSPS) is 13.4. The van der Waals surface area contributed by atoms with Crippen molar-refractivity contribution in [2.24, 2.45) is 0 Å². The summed E-state index contributed by atoms with van der Waals surface area (Å²) in [7, 11) is 0.805. The van der Waals surface area contributed by atoms with E-state index in [2.05, 4.69) is 25.7 Å². The Bertz CT molecular complexity index is 801. The molecular formula is C17H16BrF3N3O3+. The SMILES string of the molecule is COC(=O)[C@](NC(=O)Cc1ccccc1)(Nc1ccc(Br)c[nH+]1)C(F)(F)F. The summed E-state index contributed by atoms with van der Waals surface area (Å²) in [5.41, 5.74) is -2.97. The van der Waals surface area contributed by atoms with Gasteiger partial charge in [-0.1, -0.05) is 30.3 Å². The van der Waals surface area contributed by atoms with Gasteiger partial charge in [-0.05, 0) is 27.6 Å². The van der Waals surface area contributed by atoms with Crippen molar-refractivity contribution in [1.82, 2.24) is 5.32 Å². The Kier molecular flexibility index (Phi) is 6.42. The number of alkyl halides is 3. The zero-order valence-corrected chi connectivity index (χ0v) is 15.6. The highest BCUT2D eigenvalue weighted by molar-refractivity contribution is 9.10. The van der Waals surface area contributed by atoms with Crippen LogP contribution in [-0.4, -0.2) is 30.8 Å². The van der Waals surface area contributed by atoms with Gasteiger partial charge in [-0.15, -0.1) is 0 Å². The van der Waals surface area contributed by atoms with E-state index in [4.69, 9.17) is 0 Å². The second kappa shape index (κ2) is 8.38. The molecule has 2 rings (SSSR count). The van der Waals surface area contributed by atoms with Crippen LogP contribution in [0.3, 0.4) is 0 Å². The van der Waals surface area contributed by atoms with Crippen molar-refractivity contribution in [3.8, 4) is 0 Å². The van der Waals surface area contributed by atoms with Crippen molar-refractivity contribution >= 4 is 33.6 Å². The lowest BCUT2D eigenvalue weighted by atomic mass is 10.1. The molecule has 0 saturated carbocycles. The second-order valence-electron chi connectivity index (χ2n) is 5.50. The van der Waals surface area contributed by atoms with Crippen LogP contribution < -0.4 is 15.6 Å². The minimum absolute atomic E-state index is 0.152. The van der Waals surface area contributed by atoms with Crippen LogP contribution in [0.25, 0.3) is 0 Å². The minimum Gasteiger partial charge on any atom is -0.464 e. The first kappa shape index (κ1) is 20.7. The molecule has 0 unspecified atom stereocenters. The number of methoxy groups -OCH3 is 1. The number of esters is 1. The van der Waals surface area contributed by atoms with Gasteiger partial charge in [0.1, 0.15) is 6.20 Å². The summed E-state index contributed by atoms with van der Waals surface area (Å²) < 4.78 is 46.5. The number of carbonyl (C=O) groups is 2. The third-order valence-electron chi connectivity index (χ3n) is 3.55. The molecule has 6 nitrogen and oxygen atoms in total. The van der Waals surface area contributed by atoms with Crippen molar-refractivity contribution in [2.75, 3.05) is 12.4 Å². The first-order chi connectivity index (χ1) is 12.7. The van der Waals surface area contributed by atoms with Crippen LogP contribution in [0.5, 0.6) is 0 Å². The topological polar surface area (TPSA) is 81.6 Å². The minimum atomic E-state index is -5.19. The molecule has 0 saturated heterocycles. The van der Waals surface area contributed by atoms with Gasteiger partial charge in [0.15, 0.2) is 0 Å². The summed E-state index contributed by atoms with van der Waals surface area (Å²) in [5, 5.41) is 3.77. The first-order valence-electron chi connectivity index (χ1n) is 7.63. The van der Waals surface area contributed by atoms with Crippen LogP contribution in [0.2, 0.25) is 0 Å². The molecule has 0 radical (unpaired) electrons. The van der Waals surface area contributed by atoms with Crippen molar-refractivity contribution < 1.29 is 32.5 Å². The van der Waals surface area contributed by atoms with Crippen molar-refractivity contribution in [3.63, 3.8) is 0 Å². The van der Waals surface area contributed by atoms with E-state index in [-0.39, 0.29) is 12.2 Å². The van der Waals surface area contributed by atoms with Crippen molar-refractivity contribution in [1.29, 1.82) is 0 Å². The van der Waals surface area contributed by atoms with E-state index >= 15 is 0 Å². The van der Waals surface area contributed by atoms with E-state index in [1.54, 1.807) is 35.6 Å². The Labute approximate surface area is 161 Å². The first-order valence-corrected chi connectivity index (χ1v) is 8.43. The number of pyridine rings is 1. The van der Waals surface area contributed by atoms with Gasteiger partial charge in [0.25, 0.3) is 5.82 Å². The number of halogens is 4. The Hall–Kier alpha value is -2.62. The average Bonchev–Trinajstić information content (AvgIpc) is 2.62. The molecule has 1 atom stereocenters. The average molecular weight is 447 g/mol. The van der Waals surface area contributed by atoms with Crippen LogP contribution in [0, 0.1) is 0 Å². The fourth-order valence-electron chi connectivity index (χ4n) is 2.26. The summed E-state index contributed by atoms with van der Waals surface area (Å²) >= 11 is 3.14. The number of benzene rings is 1. The van der Waals surface area contributed by atoms with E-state index in [0.717, 1.165) is 7.11 Å². The standard InChI is InChI=1S/C17H15BrF3N3O3/c1-27-15(26)16(17(19,20)21,23-13-8-7-12(18)10-22-13)24-14(25)9-11-5-3-2-4-6-11/h2-8,10H,9H2,1H3,(H,22,23)(H,24,25)/p+1/t16-/m1/s1. The van der Waals surface area contributed by atoms with Crippen LogP contribution in [-0.2, 0) is 20.7 Å². The molecule has 1 heterocycles. The molecular weight excluding hydrogens is 431 g/mol. The van der Waals surface area contributed by atoms with Crippen LogP contribution in [0.4, 0.5) is 19.0 Å². The Morgan fingerprint density at radius 2 is 1.81 bits per heavy atom. The van der Waals surface area contributed by atoms with E-state index in [1.807, 2.05) is 5.32 Å². The number of aromatic nitrogens is 1. The van der Waals surface area contributed by atoms with Crippen LogP contribution in [0.15, 0.2) is 53.1 Å². The number of amides is 1. The van der Waals surface area contributed by atoms with E-state index in [9.17, 15) is 22.8 Å². The second-order valence-corrected chi connectivity index (χ2v) is 6.41. The quantitative estimate of drug-likeness (QED) is 0.527. The molecule has 0 fully saturated rings. The molecule has 3 N–H and O–H groups in total. The van der Waals surface area contributed by atoms with Gasteiger partial charge in [0.2, 0.25) is 5.91 Å². The van der Waals surface area contributed by atoms with Gasteiger partial charge in [-0.2, -0.15) is 13.2 Å². The largest absolute Gasteiger partial charge is 0.464 e. The molecule has 1 aromatic carbocycles. The zero-order valence-electron chi connectivity index (χ0n) is 14.1. The van der Waals surface area contributed by atoms with Crippen LogP contribution >= 0.6 is 15.9 Å². The number of anilines is 1. The lowest BCUT2D eigenvalue weighted by Gasteiger charge is -2.30. The Morgan fingerprint density at radius 1 is 1.15 bits per heavy atom. The number of nitrogens with one attached hydrogen (secondary N) is 3. The summed E-state index contributed by atoms with van der Waals surface area (Å²) in [6, 6.07) is 10.9. The third-order valence-corrected chi connectivity index (χ3v) is 4.04. The molecule has 0 bridgehead atoms. The van der Waals surface area contributed by atoms with Gasteiger partial charge in [-0.3, -0.25) is 10.1 Å². The molecule has 27 heavy (non-hydrogen) atoms. The number of hydrogen-bond acceptors (Lipinski definition) is 4. The highest BCUT2D eigenvalue weighted by Crippen LogP contribution is 2.32. The highest BCUT2D eigenvalue weighted by atomic mass is 79.9. The van der Waals surface area contributed by atoms with Gasteiger partial charge in [0.05, 0.1) is 18.0 Å². The number of hydrogen-bond donors (Lipinski definition) is 2. The number of ether oxygens (including phenoxy) is 1. The van der Waals surface area contributed by atoms with E-state index in [0.29, 0.717) is 10.0 Å². The van der Waals surface area contributed by atoms with Crippen LogP contribution in [0.1, 0.15) is 5.56 Å². The maximum Gasteiger partial charge on any atom is 0.464 e. The molecule has 0 spiro atoms. The number of H-pyrrole nitrogens is 1. The number of rotatable bonds is 6. The summed E-state index contributed by atoms with van der Waals surface area (Å²) in [4.78, 5) is 26.9. The number of carbonyl (C=O) groups excluding carboxylic acids is 2. The monoisotopic (exact) mass is 446 g/mol. The molecule has 0 aliphatic heterocycles. The zero-order chi connectivity index (χ0) is 20.1. The predicted molar refractivity (Wildman–Crippen MR) is 93.4 cm³/mol. The number of aromatic amines is 1. The van der Waals surface area contributed by atoms with E-state index in [1.165, 1.54) is 18.3 Å². The Balaban J connectivity index is 2.36. The molecule has 1 amide bonds. The van der Waals surface area contributed by atoms with Gasteiger partial charge in [-0.25, -0.2) is 15.1 Å². The predicted octanol–water partition coefficient (Wildman–Crippen LogP) is 2.47. The maximum absolute atomic E-state index is 13.9. The molecule has 144 valence electrons. The fourth-order valence-corrected chi connectivity index (χ4v) is 2.51. The Morgan fingerprint density at radius 3 is 2.33 bits per heavy atom. The molecule has 2 aromatic rings. The summed E-state index contributed by atoms with van der Waals surface area (Å²) in [6.07, 6.45) is -4.17. The molecule has 0 aliphatic rings. The lowest BCUT2D eigenvalue weighted by Crippen LogP contribution is -2.69. The van der Waals surface area contributed by atoms with Crippen molar-refractivity contribution in [3.05, 3.63) is 58.7 Å². The van der Waals surface area contributed by atoms with Gasteiger partial charge in [0, 0.05) is 6.07 Å². The summed E-state index contributed by atoms with van der Waals surface area (Å²) in [6.45, 7) is 0. The third kappa shape index (κ3) is 4.97. The molecule has 1 aromatic heterocycles.